The molecule has 0 atom stereocenters. The fourth-order valence-corrected chi connectivity index (χ4v) is 5.12. The average molecular weight is 462 g/mol. The number of benzene rings is 6. The molecular weight excluding hydrogens is 438 g/mol. The summed E-state index contributed by atoms with van der Waals surface area (Å²) in [5.41, 5.74) is 7.53. The summed E-state index contributed by atoms with van der Waals surface area (Å²) in [4.78, 5) is 2.35. The molecule has 0 amide bonds. The summed E-state index contributed by atoms with van der Waals surface area (Å²) >= 11 is 0. The lowest BCUT2D eigenvalue weighted by atomic mass is 9.96. The van der Waals surface area contributed by atoms with E-state index in [0.29, 0.717) is 0 Å². The van der Waals surface area contributed by atoms with Crippen molar-refractivity contribution in [2.75, 3.05) is 4.90 Å². The van der Waals surface area contributed by atoms with Gasteiger partial charge in [0.2, 0.25) is 0 Å². The molecule has 0 aliphatic carbocycles. The van der Waals surface area contributed by atoms with Gasteiger partial charge in [-0.2, -0.15) is 0 Å². The molecule has 7 rings (SSSR count). The van der Waals surface area contributed by atoms with E-state index in [1.807, 2.05) is 12.1 Å². The van der Waals surface area contributed by atoms with Crippen molar-refractivity contribution < 1.29 is 4.42 Å². The number of hydrogen-bond acceptors (Lipinski definition) is 2. The van der Waals surface area contributed by atoms with Gasteiger partial charge in [-0.1, -0.05) is 84.9 Å². The summed E-state index contributed by atoms with van der Waals surface area (Å²) < 4.78 is 6.12. The fourth-order valence-electron chi connectivity index (χ4n) is 5.12. The first kappa shape index (κ1) is 20.5. The first-order valence-corrected chi connectivity index (χ1v) is 12.2. The third-order valence-corrected chi connectivity index (χ3v) is 6.82. The number of hydrogen-bond donors (Lipinski definition) is 0. The number of anilines is 3. The molecule has 0 fully saturated rings. The van der Waals surface area contributed by atoms with Crippen LogP contribution in [0.1, 0.15) is 0 Å². The quantitative estimate of drug-likeness (QED) is 0.259. The Kier molecular flexibility index (Phi) is 4.82. The Hall–Kier alpha value is -4.82. The normalized spacial score (nSPS) is 11.3. The van der Waals surface area contributed by atoms with Crippen LogP contribution in [0, 0.1) is 0 Å². The Labute approximate surface area is 209 Å². The predicted molar refractivity (Wildman–Crippen MR) is 151 cm³/mol. The van der Waals surface area contributed by atoms with E-state index in [1.54, 1.807) is 0 Å². The molecule has 7 aromatic rings. The minimum atomic E-state index is 0.908. The van der Waals surface area contributed by atoms with Crippen molar-refractivity contribution >= 4 is 49.8 Å². The smallest absolute Gasteiger partial charge is 0.135 e. The second kappa shape index (κ2) is 8.44. The predicted octanol–water partition coefficient (Wildman–Crippen LogP) is 9.88. The Bertz CT molecular complexity index is 1790. The van der Waals surface area contributed by atoms with Gasteiger partial charge in [0.05, 0.1) is 5.69 Å². The van der Waals surface area contributed by atoms with Gasteiger partial charge in [0, 0.05) is 27.7 Å². The molecule has 0 aliphatic heterocycles. The van der Waals surface area contributed by atoms with Gasteiger partial charge in [0.25, 0.3) is 0 Å². The van der Waals surface area contributed by atoms with Crippen molar-refractivity contribution in [3.8, 4) is 11.1 Å². The maximum absolute atomic E-state index is 6.12. The number of nitrogens with zero attached hydrogens (tertiary/aromatic N) is 1. The highest BCUT2D eigenvalue weighted by Gasteiger charge is 2.19. The summed E-state index contributed by atoms with van der Waals surface area (Å²) in [5, 5.41) is 4.70. The molecule has 1 aromatic heterocycles. The van der Waals surface area contributed by atoms with Gasteiger partial charge in [-0.3, -0.25) is 0 Å². The lowest BCUT2D eigenvalue weighted by Crippen LogP contribution is -2.11. The molecule has 170 valence electrons. The molecule has 0 spiro atoms. The van der Waals surface area contributed by atoms with Crippen LogP contribution in [0.3, 0.4) is 0 Å². The maximum Gasteiger partial charge on any atom is 0.135 e. The van der Waals surface area contributed by atoms with Crippen molar-refractivity contribution in [3.05, 3.63) is 140 Å². The van der Waals surface area contributed by atoms with E-state index in [0.717, 1.165) is 44.6 Å². The fraction of sp³-hybridized carbons (Fsp3) is 0. The van der Waals surface area contributed by atoms with E-state index in [2.05, 4.69) is 132 Å². The van der Waals surface area contributed by atoms with Crippen LogP contribution in [-0.2, 0) is 0 Å². The van der Waals surface area contributed by atoms with Gasteiger partial charge in [0.15, 0.2) is 0 Å². The van der Waals surface area contributed by atoms with Gasteiger partial charge in [-0.15, -0.1) is 0 Å². The minimum absolute atomic E-state index is 0.908. The van der Waals surface area contributed by atoms with E-state index >= 15 is 0 Å². The van der Waals surface area contributed by atoms with Crippen molar-refractivity contribution in [1.82, 2.24) is 0 Å². The van der Waals surface area contributed by atoms with E-state index in [1.165, 1.54) is 16.3 Å². The summed E-state index contributed by atoms with van der Waals surface area (Å²) in [7, 11) is 0. The second-order valence-electron chi connectivity index (χ2n) is 9.03. The molecule has 0 saturated heterocycles. The van der Waals surface area contributed by atoms with Crippen LogP contribution >= 0.6 is 0 Å². The summed E-state index contributed by atoms with van der Waals surface area (Å²) in [5.74, 6) is 0. The highest BCUT2D eigenvalue weighted by molar-refractivity contribution is 6.07. The molecule has 1 heterocycles. The number of para-hydroxylation sites is 3. The monoisotopic (exact) mass is 461 g/mol. The van der Waals surface area contributed by atoms with Gasteiger partial charge < -0.3 is 9.32 Å². The van der Waals surface area contributed by atoms with Gasteiger partial charge >= 0.3 is 0 Å². The molecule has 6 aromatic carbocycles. The molecule has 0 radical (unpaired) electrons. The van der Waals surface area contributed by atoms with Gasteiger partial charge in [0.1, 0.15) is 11.2 Å². The highest BCUT2D eigenvalue weighted by Crippen LogP contribution is 2.43. The van der Waals surface area contributed by atoms with Crippen molar-refractivity contribution in [3.63, 3.8) is 0 Å². The Morgan fingerprint density at radius 2 is 1.03 bits per heavy atom. The summed E-state index contributed by atoms with van der Waals surface area (Å²) in [6, 6.07) is 49.1. The molecular formula is C34H23NO. The van der Waals surface area contributed by atoms with E-state index < -0.39 is 0 Å². The zero-order valence-corrected chi connectivity index (χ0v) is 19.6. The maximum atomic E-state index is 6.12. The zero-order valence-electron chi connectivity index (χ0n) is 19.6. The first-order valence-electron chi connectivity index (χ1n) is 12.2. The van der Waals surface area contributed by atoms with Gasteiger partial charge in [-0.05, 0) is 70.9 Å². The van der Waals surface area contributed by atoms with E-state index in [9.17, 15) is 0 Å². The standard InChI is InChI=1S/C34H23NO/c1-3-13-27(14-4-1)35(28-15-5-2-6-16-28)32-23-25-12-8-7-11-24(25)21-30(32)26-19-20-34-31(22-26)29-17-9-10-18-33(29)36-34/h1-23H. The van der Waals surface area contributed by atoms with Crippen LogP contribution in [0.2, 0.25) is 0 Å². The van der Waals surface area contributed by atoms with E-state index in [-0.39, 0.29) is 0 Å². The van der Waals surface area contributed by atoms with E-state index in [4.69, 9.17) is 4.42 Å². The van der Waals surface area contributed by atoms with Crippen LogP contribution < -0.4 is 4.90 Å². The minimum Gasteiger partial charge on any atom is -0.456 e. The Morgan fingerprint density at radius 3 is 1.75 bits per heavy atom. The number of rotatable bonds is 4. The van der Waals surface area contributed by atoms with Crippen molar-refractivity contribution in [1.29, 1.82) is 0 Å². The molecule has 0 bridgehead atoms. The summed E-state index contributed by atoms with van der Waals surface area (Å²) in [6.45, 7) is 0. The second-order valence-corrected chi connectivity index (χ2v) is 9.03. The van der Waals surface area contributed by atoms with Crippen LogP contribution in [0.25, 0.3) is 43.8 Å². The topological polar surface area (TPSA) is 16.4 Å². The first-order chi connectivity index (χ1) is 17.8. The molecule has 0 N–H and O–H groups in total. The van der Waals surface area contributed by atoms with Crippen molar-refractivity contribution in [2.24, 2.45) is 0 Å². The lowest BCUT2D eigenvalue weighted by molar-refractivity contribution is 0.669. The molecule has 36 heavy (non-hydrogen) atoms. The highest BCUT2D eigenvalue weighted by atomic mass is 16.3. The summed E-state index contributed by atoms with van der Waals surface area (Å²) in [6.07, 6.45) is 0. The third kappa shape index (κ3) is 3.43. The lowest BCUT2D eigenvalue weighted by Gasteiger charge is -2.28. The van der Waals surface area contributed by atoms with Crippen LogP contribution in [0.4, 0.5) is 17.1 Å². The molecule has 0 saturated carbocycles. The van der Waals surface area contributed by atoms with Crippen LogP contribution in [0.15, 0.2) is 144 Å². The largest absolute Gasteiger partial charge is 0.456 e. The van der Waals surface area contributed by atoms with Crippen LogP contribution in [0.5, 0.6) is 0 Å². The molecule has 2 heteroatoms. The van der Waals surface area contributed by atoms with Gasteiger partial charge in [-0.25, -0.2) is 0 Å². The third-order valence-electron chi connectivity index (χ3n) is 6.82. The average Bonchev–Trinajstić information content (AvgIpc) is 3.32. The SMILES string of the molecule is c1ccc(N(c2ccccc2)c2cc3ccccc3cc2-c2ccc3oc4ccccc4c3c2)cc1. The molecule has 0 aliphatic rings. The Morgan fingerprint density at radius 1 is 0.444 bits per heavy atom. The molecule has 0 unspecified atom stereocenters. The zero-order chi connectivity index (χ0) is 23.9. The van der Waals surface area contributed by atoms with Crippen molar-refractivity contribution in [2.45, 2.75) is 0 Å². The number of furan rings is 1. The Balaban J connectivity index is 1.53. The van der Waals surface area contributed by atoms with Crippen LogP contribution in [-0.4, -0.2) is 0 Å². The molecule has 2 nitrogen and oxygen atoms in total. The number of fused-ring (bicyclic) bond motifs is 4.